The molecule has 0 radical (unpaired) electrons. The molecule has 2 amide bonds. The number of hydrogen-bond donors (Lipinski definition) is 2. The first-order valence-corrected chi connectivity index (χ1v) is 9.29. The summed E-state index contributed by atoms with van der Waals surface area (Å²) in [6.45, 7) is 5.08. The number of ether oxygens (including phenoxy) is 1. The van der Waals surface area contributed by atoms with Crippen LogP contribution in [0.2, 0.25) is 0 Å². The largest absolute Gasteiger partial charge is 0.455 e. The van der Waals surface area contributed by atoms with Gasteiger partial charge in [-0.2, -0.15) is 0 Å². The predicted molar refractivity (Wildman–Crippen MR) is 109 cm³/mol. The van der Waals surface area contributed by atoms with Gasteiger partial charge in [-0.1, -0.05) is 50.6 Å². The van der Waals surface area contributed by atoms with Crippen molar-refractivity contribution in [1.29, 1.82) is 0 Å². The molecule has 0 unspecified atom stereocenters. The molecule has 6 heteroatoms. The first kappa shape index (κ1) is 21.2. The number of rotatable bonds is 8. The first-order chi connectivity index (χ1) is 13.4. The van der Waals surface area contributed by atoms with Crippen LogP contribution in [-0.2, 0) is 19.1 Å². The third-order valence-corrected chi connectivity index (χ3v) is 4.46. The van der Waals surface area contributed by atoms with Gasteiger partial charge in [0.15, 0.2) is 6.61 Å². The SMILES string of the molecule is CC[C@H](C)[C@H](C(=O)OCC(=O)Nc1ccc(NC(C)=O)cc1)c1ccccc1. The van der Waals surface area contributed by atoms with Gasteiger partial charge in [-0.25, -0.2) is 0 Å². The van der Waals surface area contributed by atoms with E-state index in [1.54, 1.807) is 24.3 Å². The molecule has 0 aliphatic rings. The van der Waals surface area contributed by atoms with E-state index >= 15 is 0 Å². The number of anilines is 2. The van der Waals surface area contributed by atoms with Gasteiger partial charge in [-0.3, -0.25) is 14.4 Å². The highest BCUT2D eigenvalue weighted by molar-refractivity contribution is 5.94. The summed E-state index contributed by atoms with van der Waals surface area (Å²) >= 11 is 0. The zero-order chi connectivity index (χ0) is 20.5. The summed E-state index contributed by atoms with van der Waals surface area (Å²) in [5.74, 6) is -1.30. The number of carbonyl (C=O) groups is 3. The summed E-state index contributed by atoms with van der Waals surface area (Å²) in [4.78, 5) is 35.7. The van der Waals surface area contributed by atoms with Crippen molar-refractivity contribution in [3.8, 4) is 0 Å². The van der Waals surface area contributed by atoms with Gasteiger partial charge < -0.3 is 15.4 Å². The third kappa shape index (κ3) is 6.23. The second-order valence-corrected chi connectivity index (χ2v) is 6.69. The lowest BCUT2D eigenvalue weighted by molar-refractivity contribution is -0.150. The zero-order valence-electron chi connectivity index (χ0n) is 16.4. The number of benzene rings is 2. The van der Waals surface area contributed by atoms with Crippen molar-refractivity contribution in [2.45, 2.75) is 33.1 Å². The van der Waals surface area contributed by atoms with E-state index in [2.05, 4.69) is 10.6 Å². The Morgan fingerprint density at radius 1 is 0.929 bits per heavy atom. The average Bonchev–Trinajstić information content (AvgIpc) is 2.68. The van der Waals surface area contributed by atoms with Crippen LogP contribution < -0.4 is 10.6 Å². The van der Waals surface area contributed by atoms with Crippen LogP contribution in [0.1, 0.15) is 38.7 Å². The molecular formula is C22H26N2O4. The molecule has 0 heterocycles. The van der Waals surface area contributed by atoms with Crippen LogP contribution in [0, 0.1) is 5.92 Å². The fourth-order valence-electron chi connectivity index (χ4n) is 2.86. The summed E-state index contributed by atoms with van der Waals surface area (Å²) < 4.78 is 5.28. The Morgan fingerprint density at radius 2 is 1.50 bits per heavy atom. The molecule has 2 N–H and O–H groups in total. The van der Waals surface area contributed by atoms with Crippen LogP contribution in [0.25, 0.3) is 0 Å². The molecule has 0 aliphatic heterocycles. The number of esters is 1. The van der Waals surface area contributed by atoms with Crippen LogP contribution in [0.4, 0.5) is 11.4 Å². The highest BCUT2D eigenvalue weighted by Gasteiger charge is 2.27. The molecule has 2 aromatic rings. The van der Waals surface area contributed by atoms with E-state index in [1.807, 2.05) is 44.2 Å². The standard InChI is InChI=1S/C22H26N2O4/c1-4-15(2)21(17-8-6-5-7-9-17)22(27)28-14-20(26)24-19-12-10-18(11-13-19)23-16(3)25/h5-13,15,21H,4,14H2,1-3H3,(H,23,25)(H,24,26)/t15-,21-/m0/s1. The molecule has 0 saturated carbocycles. The Hall–Kier alpha value is -3.15. The quantitative estimate of drug-likeness (QED) is 0.677. The van der Waals surface area contributed by atoms with Crippen molar-refractivity contribution in [2.75, 3.05) is 17.2 Å². The van der Waals surface area contributed by atoms with Crippen molar-refractivity contribution in [1.82, 2.24) is 0 Å². The van der Waals surface area contributed by atoms with Crippen LogP contribution >= 0.6 is 0 Å². The lowest BCUT2D eigenvalue weighted by Crippen LogP contribution is -2.26. The van der Waals surface area contributed by atoms with Crippen LogP contribution in [0.15, 0.2) is 54.6 Å². The van der Waals surface area contributed by atoms with E-state index in [0.29, 0.717) is 11.4 Å². The topological polar surface area (TPSA) is 84.5 Å². The summed E-state index contributed by atoms with van der Waals surface area (Å²) in [7, 11) is 0. The fraction of sp³-hybridized carbons (Fsp3) is 0.318. The monoisotopic (exact) mass is 382 g/mol. The molecule has 6 nitrogen and oxygen atoms in total. The van der Waals surface area contributed by atoms with Gasteiger partial charge in [0.1, 0.15) is 0 Å². The maximum atomic E-state index is 12.6. The number of amides is 2. The summed E-state index contributed by atoms with van der Waals surface area (Å²) in [5, 5.41) is 5.32. The second-order valence-electron chi connectivity index (χ2n) is 6.69. The van der Waals surface area contributed by atoms with Crippen LogP contribution in [0.5, 0.6) is 0 Å². The highest BCUT2D eigenvalue weighted by Crippen LogP contribution is 2.28. The van der Waals surface area contributed by atoms with E-state index in [4.69, 9.17) is 4.74 Å². The van der Waals surface area contributed by atoms with Crippen molar-refractivity contribution in [3.63, 3.8) is 0 Å². The minimum Gasteiger partial charge on any atom is -0.455 e. The average molecular weight is 382 g/mol. The van der Waals surface area contributed by atoms with E-state index in [9.17, 15) is 14.4 Å². The molecule has 0 bridgehead atoms. The molecule has 0 aliphatic carbocycles. The normalized spacial score (nSPS) is 12.5. The first-order valence-electron chi connectivity index (χ1n) is 9.29. The second kappa shape index (κ2) is 10.3. The van der Waals surface area contributed by atoms with Gasteiger partial charge >= 0.3 is 5.97 Å². The maximum Gasteiger partial charge on any atom is 0.314 e. The molecule has 0 aromatic heterocycles. The summed E-state index contributed by atoms with van der Waals surface area (Å²) in [6, 6.07) is 16.1. The van der Waals surface area contributed by atoms with Crippen molar-refractivity contribution in [2.24, 2.45) is 5.92 Å². The molecule has 148 valence electrons. The minimum atomic E-state index is -0.420. The van der Waals surface area contributed by atoms with Crippen molar-refractivity contribution >= 4 is 29.2 Å². The number of hydrogen-bond acceptors (Lipinski definition) is 4. The number of carbonyl (C=O) groups excluding carboxylic acids is 3. The molecule has 0 fully saturated rings. The Kier molecular flexibility index (Phi) is 7.75. The lowest BCUT2D eigenvalue weighted by atomic mass is 9.86. The molecule has 0 spiro atoms. The Bertz CT molecular complexity index is 803. The minimum absolute atomic E-state index is 0.0966. The van der Waals surface area contributed by atoms with Crippen LogP contribution in [-0.4, -0.2) is 24.4 Å². The van der Waals surface area contributed by atoms with Gasteiger partial charge in [-0.15, -0.1) is 0 Å². The van der Waals surface area contributed by atoms with Gasteiger partial charge in [0.2, 0.25) is 5.91 Å². The zero-order valence-corrected chi connectivity index (χ0v) is 16.4. The van der Waals surface area contributed by atoms with Gasteiger partial charge in [-0.05, 0) is 35.7 Å². The molecule has 0 saturated heterocycles. The summed E-state index contributed by atoms with van der Waals surface area (Å²) in [6.07, 6.45) is 0.821. The molecule has 2 rings (SSSR count). The Balaban J connectivity index is 1.93. The Morgan fingerprint density at radius 3 is 2.04 bits per heavy atom. The van der Waals surface area contributed by atoms with Crippen molar-refractivity contribution in [3.05, 3.63) is 60.2 Å². The molecule has 28 heavy (non-hydrogen) atoms. The fourth-order valence-corrected chi connectivity index (χ4v) is 2.86. The smallest absolute Gasteiger partial charge is 0.314 e. The van der Waals surface area contributed by atoms with Crippen LogP contribution in [0.3, 0.4) is 0 Å². The van der Waals surface area contributed by atoms with E-state index in [1.165, 1.54) is 6.92 Å². The summed E-state index contributed by atoms with van der Waals surface area (Å²) in [5.41, 5.74) is 2.07. The lowest BCUT2D eigenvalue weighted by Gasteiger charge is -2.21. The van der Waals surface area contributed by atoms with Gasteiger partial charge in [0.05, 0.1) is 5.92 Å². The van der Waals surface area contributed by atoms with Gasteiger partial charge in [0, 0.05) is 18.3 Å². The van der Waals surface area contributed by atoms with Gasteiger partial charge in [0.25, 0.3) is 5.91 Å². The van der Waals surface area contributed by atoms with E-state index in [-0.39, 0.29) is 18.4 Å². The third-order valence-electron chi connectivity index (χ3n) is 4.46. The maximum absolute atomic E-state index is 12.6. The molecule has 2 atom stereocenters. The number of nitrogens with one attached hydrogen (secondary N) is 2. The Labute approximate surface area is 165 Å². The van der Waals surface area contributed by atoms with E-state index < -0.39 is 17.8 Å². The highest BCUT2D eigenvalue weighted by atomic mass is 16.5. The molecular weight excluding hydrogens is 356 g/mol. The molecule has 2 aromatic carbocycles. The predicted octanol–water partition coefficient (Wildman–Crippen LogP) is 3.96. The van der Waals surface area contributed by atoms with Crippen molar-refractivity contribution < 1.29 is 19.1 Å². The van der Waals surface area contributed by atoms with E-state index in [0.717, 1.165) is 12.0 Å².